The van der Waals surface area contributed by atoms with Gasteiger partial charge in [0.05, 0.1) is 18.5 Å². The molecular weight excluding hydrogens is 464 g/mol. The lowest BCUT2D eigenvalue weighted by atomic mass is 10.0. The Balaban J connectivity index is 1.16. The van der Waals surface area contributed by atoms with Gasteiger partial charge in [0.2, 0.25) is 5.89 Å². The molecule has 0 fully saturated rings. The van der Waals surface area contributed by atoms with Crippen LogP contribution in [0.3, 0.4) is 0 Å². The van der Waals surface area contributed by atoms with E-state index in [0.717, 1.165) is 28.1 Å². The number of rotatable bonds is 9. The fourth-order valence-corrected chi connectivity index (χ4v) is 3.84. The van der Waals surface area contributed by atoms with E-state index < -0.39 is 0 Å². The van der Waals surface area contributed by atoms with Crippen molar-refractivity contribution < 1.29 is 13.9 Å². The molecule has 0 aliphatic heterocycles. The second-order valence-corrected chi connectivity index (χ2v) is 8.38. The Bertz CT molecular complexity index is 1470. The van der Waals surface area contributed by atoms with Crippen molar-refractivity contribution in [1.82, 2.24) is 20.3 Å². The molecule has 1 radical (unpaired) electrons. The zero-order chi connectivity index (χ0) is 25.5. The third-order valence-corrected chi connectivity index (χ3v) is 5.79. The summed E-state index contributed by atoms with van der Waals surface area (Å²) in [6.07, 6.45) is 5.03. The van der Waals surface area contributed by atoms with E-state index in [1.165, 1.54) is 24.2 Å². The van der Waals surface area contributed by atoms with Crippen molar-refractivity contribution in [3.8, 4) is 28.3 Å². The van der Waals surface area contributed by atoms with Crippen LogP contribution in [0.15, 0.2) is 95.8 Å². The van der Waals surface area contributed by atoms with E-state index in [9.17, 15) is 4.79 Å². The van der Waals surface area contributed by atoms with Crippen LogP contribution < -0.4 is 10.1 Å². The number of oxazole rings is 1. The van der Waals surface area contributed by atoms with Crippen LogP contribution in [0.5, 0.6) is 5.75 Å². The highest BCUT2D eigenvalue weighted by molar-refractivity contribution is 5.91. The average Bonchev–Trinajstić information content (AvgIpc) is 3.33. The van der Waals surface area contributed by atoms with Gasteiger partial charge in [0.1, 0.15) is 17.2 Å². The smallest absolute Gasteiger partial charge is 0.271 e. The Morgan fingerprint density at radius 1 is 0.946 bits per heavy atom. The normalized spacial score (nSPS) is 10.7. The molecule has 0 saturated carbocycles. The Hall–Kier alpha value is -4.78. The summed E-state index contributed by atoms with van der Waals surface area (Å²) in [6.45, 7) is 2.64. The summed E-state index contributed by atoms with van der Waals surface area (Å²) < 4.78 is 11.8. The zero-order valence-electron chi connectivity index (χ0n) is 20.3. The van der Waals surface area contributed by atoms with Crippen LogP contribution in [0.25, 0.3) is 22.6 Å². The molecule has 37 heavy (non-hydrogen) atoms. The van der Waals surface area contributed by atoms with Gasteiger partial charge in [-0.25, -0.2) is 9.97 Å². The summed E-state index contributed by atoms with van der Waals surface area (Å²) in [5.41, 5.74) is 5.17. The molecule has 0 atom stereocenters. The van der Waals surface area contributed by atoms with Gasteiger partial charge < -0.3 is 14.5 Å². The number of carbonyl (C=O) groups excluding carboxylic acids is 1. The Labute approximate surface area is 215 Å². The first kappa shape index (κ1) is 23.9. The minimum absolute atomic E-state index is 0.268. The van der Waals surface area contributed by atoms with Gasteiger partial charge in [-0.3, -0.25) is 9.78 Å². The van der Waals surface area contributed by atoms with E-state index in [-0.39, 0.29) is 11.6 Å². The molecule has 0 bridgehead atoms. The lowest BCUT2D eigenvalue weighted by molar-refractivity contribution is 0.0945. The molecule has 0 aliphatic carbocycles. The second-order valence-electron chi connectivity index (χ2n) is 8.38. The Kier molecular flexibility index (Phi) is 7.31. The number of benzene rings is 3. The van der Waals surface area contributed by atoms with Crippen LogP contribution in [0.2, 0.25) is 0 Å². The molecule has 5 rings (SSSR count). The van der Waals surface area contributed by atoms with E-state index >= 15 is 0 Å². The maximum Gasteiger partial charge on any atom is 0.271 e. The number of carbonyl (C=O) groups is 1. The molecule has 3 aromatic carbocycles. The molecule has 0 saturated heterocycles. The lowest BCUT2D eigenvalue weighted by Gasteiger charge is -2.08. The SMILES string of the molecule is Cc1oc(-c2ccc(-c3ccccc3)cc2)nc1CCOc1[c]c(CNC(=O)c2cnccn2)ccc1. The monoisotopic (exact) mass is 489 g/mol. The van der Waals surface area contributed by atoms with Crippen molar-refractivity contribution in [2.45, 2.75) is 19.9 Å². The van der Waals surface area contributed by atoms with Crippen molar-refractivity contribution in [1.29, 1.82) is 0 Å². The first-order valence-electron chi connectivity index (χ1n) is 12.0. The molecule has 1 amide bonds. The second kappa shape index (κ2) is 11.3. The molecule has 183 valence electrons. The molecule has 0 aliphatic rings. The molecule has 0 unspecified atom stereocenters. The summed E-state index contributed by atoms with van der Waals surface area (Å²) in [7, 11) is 0. The average molecular weight is 490 g/mol. The first-order chi connectivity index (χ1) is 18.2. The topological polar surface area (TPSA) is 90.1 Å². The maximum atomic E-state index is 12.2. The van der Waals surface area contributed by atoms with Gasteiger partial charge in [0, 0.05) is 37.0 Å². The summed E-state index contributed by atoms with van der Waals surface area (Å²) >= 11 is 0. The summed E-state index contributed by atoms with van der Waals surface area (Å²) in [4.78, 5) is 24.8. The predicted octanol–water partition coefficient (Wildman–Crippen LogP) is 5.46. The predicted molar refractivity (Wildman–Crippen MR) is 140 cm³/mol. The highest BCUT2D eigenvalue weighted by Gasteiger charge is 2.12. The summed E-state index contributed by atoms with van der Waals surface area (Å²) in [6, 6.07) is 27.2. The van der Waals surface area contributed by atoms with Crippen molar-refractivity contribution in [2.75, 3.05) is 6.61 Å². The quantitative estimate of drug-likeness (QED) is 0.296. The first-order valence-corrected chi connectivity index (χ1v) is 12.0. The minimum atomic E-state index is -0.292. The number of amides is 1. The van der Waals surface area contributed by atoms with Crippen molar-refractivity contribution >= 4 is 5.91 Å². The molecule has 7 nitrogen and oxygen atoms in total. The van der Waals surface area contributed by atoms with Crippen molar-refractivity contribution in [2.24, 2.45) is 0 Å². The van der Waals surface area contributed by atoms with Gasteiger partial charge in [0.25, 0.3) is 5.91 Å². The van der Waals surface area contributed by atoms with Crippen molar-refractivity contribution in [3.63, 3.8) is 0 Å². The minimum Gasteiger partial charge on any atom is -0.493 e. The Morgan fingerprint density at radius 2 is 1.73 bits per heavy atom. The number of nitrogens with zero attached hydrogens (tertiary/aromatic N) is 3. The molecule has 7 heteroatoms. The number of nitrogens with one attached hydrogen (secondary N) is 1. The molecule has 0 spiro atoms. The van der Waals surface area contributed by atoms with Gasteiger partial charge in [-0.15, -0.1) is 0 Å². The van der Waals surface area contributed by atoms with Gasteiger partial charge in [0.15, 0.2) is 0 Å². The van der Waals surface area contributed by atoms with Crippen LogP contribution in [-0.4, -0.2) is 27.5 Å². The van der Waals surface area contributed by atoms with E-state index in [1.807, 2.05) is 55.5 Å². The zero-order valence-corrected chi connectivity index (χ0v) is 20.3. The van der Waals surface area contributed by atoms with Crippen molar-refractivity contribution in [3.05, 3.63) is 120 Å². The third-order valence-electron chi connectivity index (χ3n) is 5.79. The van der Waals surface area contributed by atoms with Crippen LogP contribution in [0.4, 0.5) is 0 Å². The highest BCUT2D eigenvalue weighted by Crippen LogP contribution is 2.26. The number of hydrogen-bond donors (Lipinski definition) is 1. The van der Waals surface area contributed by atoms with E-state index in [2.05, 4.69) is 45.6 Å². The molecule has 1 N–H and O–H groups in total. The Morgan fingerprint density at radius 3 is 2.51 bits per heavy atom. The number of ether oxygens (including phenoxy) is 1. The number of aryl methyl sites for hydroxylation is 1. The van der Waals surface area contributed by atoms with Crippen LogP contribution in [-0.2, 0) is 13.0 Å². The van der Waals surface area contributed by atoms with Gasteiger partial charge in [-0.1, -0.05) is 54.6 Å². The number of aromatic nitrogens is 3. The third kappa shape index (κ3) is 6.08. The van der Waals surface area contributed by atoms with Gasteiger partial charge in [-0.2, -0.15) is 0 Å². The highest BCUT2D eigenvalue weighted by atomic mass is 16.5. The van der Waals surface area contributed by atoms with E-state index in [1.54, 1.807) is 0 Å². The summed E-state index contributed by atoms with van der Waals surface area (Å²) in [5, 5.41) is 2.81. The standard InChI is InChI=1S/C30H25N4O3/c1-21-27(34-30(37-21)25-12-10-24(11-13-25)23-7-3-2-4-8-23)14-17-36-26-9-5-6-22(18-26)19-33-29(35)28-20-31-15-16-32-28/h2-13,15-16,20H,14,17,19H2,1H3,(H,33,35). The summed E-state index contributed by atoms with van der Waals surface area (Å²) in [5.74, 6) is 1.68. The largest absolute Gasteiger partial charge is 0.493 e. The van der Waals surface area contributed by atoms with Crippen LogP contribution >= 0.6 is 0 Å². The molecule has 2 aromatic heterocycles. The maximum absolute atomic E-state index is 12.2. The van der Waals surface area contributed by atoms with Crippen LogP contribution in [0, 0.1) is 13.0 Å². The van der Waals surface area contributed by atoms with E-state index in [0.29, 0.717) is 31.2 Å². The molecule has 5 aromatic rings. The van der Waals surface area contributed by atoms with Gasteiger partial charge in [-0.05, 0) is 41.8 Å². The van der Waals surface area contributed by atoms with E-state index in [4.69, 9.17) is 14.1 Å². The number of hydrogen-bond acceptors (Lipinski definition) is 6. The molecular formula is C30H25N4O3. The fraction of sp³-hybridized carbons (Fsp3) is 0.133. The fourth-order valence-electron chi connectivity index (χ4n) is 3.84. The van der Waals surface area contributed by atoms with Gasteiger partial charge >= 0.3 is 0 Å². The molecule has 2 heterocycles. The van der Waals surface area contributed by atoms with Crippen LogP contribution in [0.1, 0.15) is 27.5 Å². The lowest BCUT2D eigenvalue weighted by Crippen LogP contribution is -2.23.